The number of methoxy groups -OCH3 is 1. The Morgan fingerprint density at radius 3 is 2.14 bits per heavy atom. The van der Waals surface area contributed by atoms with Gasteiger partial charge >= 0.3 is 5.97 Å². The van der Waals surface area contributed by atoms with Crippen molar-refractivity contribution in [3.05, 3.63) is 77.9 Å². The number of carbonyl (C=O) groups excluding carboxylic acids is 1. The second kappa shape index (κ2) is 10.5. The lowest BCUT2D eigenvalue weighted by atomic mass is 9.97. The standard InChI is InChI=1S/C28H35NO5SSi/c1-20-17-24(21-11-9-8-10-12-21)26(25(18-20)27(30)33-5)29-19-35(31,32)23-15-13-22(14-16-23)34-36(6,7)28(2,3)4/h8-18,29H,19H2,1-7H3. The van der Waals surface area contributed by atoms with Crippen LogP contribution in [-0.2, 0) is 14.6 Å². The van der Waals surface area contributed by atoms with E-state index in [0.717, 1.165) is 16.7 Å². The summed E-state index contributed by atoms with van der Waals surface area (Å²) in [5, 5.41) is 3.05. The van der Waals surface area contributed by atoms with Gasteiger partial charge in [-0.05, 0) is 72.6 Å². The molecule has 0 unspecified atom stereocenters. The predicted molar refractivity (Wildman–Crippen MR) is 148 cm³/mol. The van der Waals surface area contributed by atoms with Gasteiger partial charge in [-0.25, -0.2) is 13.2 Å². The second-order valence-corrected chi connectivity index (χ2v) is 17.1. The van der Waals surface area contributed by atoms with Crippen LogP contribution in [0.1, 0.15) is 36.7 Å². The molecule has 0 fully saturated rings. The first-order chi connectivity index (χ1) is 16.7. The maximum atomic E-state index is 13.2. The van der Waals surface area contributed by atoms with Crippen molar-refractivity contribution in [3.63, 3.8) is 0 Å². The lowest BCUT2D eigenvalue weighted by Gasteiger charge is -2.36. The highest BCUT2D eigenvalue weighted by Crippen LogP contribution is 2.38. The zero-order valence-corrected chi connectivity index (χ0v) is 23.8. The zero-order chi connectivity index (χ0) is 26.7. The van der Waals surface area contributed by atoms with Crippen molar-refractivity contribution in [2.24, 2.45) is 0 Å². The number of ether oxygens (including phenoxy) is 1. The average molecular weight is 526 g/mol. The Hall–Kier alpha value is -3.10. The van der Waals surface area contributed by atoms with E-state index in [1.807, 2.05) is 43.3 Å². The molecule has 3 aromatic rings. The number of carbonyl (C=O) groups is 1. The number of anilines is 1. The molecule has 0 heterocycles. The number of hydrogen-bond acceptors (Lipinski definition) is 6. The third-order valence-electron chi connectivity index (χ3n) is 6.57. The van der Waals surface area contributed by atoms with Crippen LogP contribution in [0, 0.1) is 6.92 Å². The number of hydrogen-bond donors (Lipinski definition) is 1. The number of benzene rings is 3. The molecule has 0 amide bonds. The topological polar surface area (TPSA) is 81.7 Å². The molecule has 0 atom stereocenters. The molecule has 0 aliphatic rings. The molecule has 0 aliphatic carbocycles. The highest BCUT2D eigenvalue weighted by molar-refractivity contribution is 7.91. The highest BCUT2D eigenvalue weighted by atomic mass is 32.2. The number of esters is 1. The van der Waals surface area contributed by atoms with Crippen LogP contribution in [0.3, 0.4) is 0 Å². The van der Waals surface area contributed by atoms with E-state index in [1.165, 1.54) is 7.11 Å². The Kier molecular flexibility index (Phi) is 8.00. The second-order valence-electron chi connectivity index (χ2n) is 10.4. The monoisotopic (exact) mass is 525 g/mol. The summed E-state index contributed by atoms with van der Waals surface area (Å²) < 4.78 is 37.7. The minimum absolute atomic E-state index is 0.0313. The van der Waals surface area contributed by atoms with Crippen LogP contribution < -0.4 is 9.74 Å². The van der Waals surface area contributed by atoms with E-state index in [-0.39, 0.29) is 21.4 Å². The number of aryl methyl sites for hydroxylation is 1. The molecule has 3 rings (SSSR count). The van der Waals surface area contributed by atoms with Crippen LogP contribution in [0.15, 0.2) is 71.6 Å². The van der Waals surface area contributed by atoms with Gasteiger partial charge in [0.05, 0.1) is 23.3 Å². The molecule has 1 N–H and O–H groups in total. The fourth-order valence-electron chi connectivity index (χ4n) is 3.51. The normalized spacial score (nSPS) is 12.2. The van der Waals surface area contributed by atoms with Gasteiger partial charge in [-0.15, -0.1) is 0 Å². The fourth-order valence-corrected chi connectivity index (χ4v) is 5.59. The Bertz CT molecular complexity index is 1330. The van der Waals surface area contributed by atoms with E-state index < -0.39 is 24.1 Å². The minimum atomic E-state index is -3.71. The maximum Gasteiger partial charge on any atom is 0.339 e. The summed E-state index contributed by atoms with van der Waals surface area (Å²) in [6.07, 6.45) is 0. The summed E-state index contributed by atoms with van der Waals surface area (Å²) in [5.74, 6) is -0.267. The summed E-state index contributed by atoms with van der Waals surface area (Å²) >= 11 is 0. The minimum Gasteiger partial charge on any atom is -0.544 e. The lowest BCUT2D eigenvalue weighted by Crippen LogP contribution is -2.43. The van der Waals surface area contributed by atoms with Gasteiger partial charge in [-0.3, -0.25) is 0 Å². The van der Waals surface area contributed by atoms with Gasteiger partial charge in [0.25, 0.3) is 0 Å². The molecule has 0 bridgehead atoms. The predicted octanol–water partition coefficient (Wildman–Crippen LogP) is 6.68. The summed E-state index contributed by atoms with van der Waals surface area (Å²) in [7, 11) is -4.44. The van der Waals surface area contributed by atoms with Gasteiger partial charge in [0.2, 0.25) is 8.32 Å². The van der Waals surface area contributed by atoms with Crippen molar-refractivity contribution in [1.29, 1.82) is 0 Å². The number of nitrogens with one attached hydrogen (secondary N) is 1. The fraction of sp³-hybridized carbons (Fsp3) is 0.321. The molecule has 0 saturated heterocycles. The molecule has 192 valence electrons. The average Bonchev–Trinajstić information content (AvgIpc) is 2.82. The van der Waals surface area contributed by atoms with Crippen molar-refractivity contribution in [2.45, 2.75) is 50.7 Å². The number of sulfone groups is 1. The summed E-state index contributed by atoms with van der Waals surface area (Å²) in [5.41, 5.74) is 3.15. The third-order valence-corrected chi connectivity index (χ3v) is 12.4. The van der Waals surface area contributed by atoms with E-state index in [9.17, 15) is 13.2 Å². The quantitative estimate of drug-likeness (QED) is 0.261. The SMILES string of the molecule is COC(=O)c1cc(C)cc(-c2ccccc2)c1NCS(=O)(=O)c1ccc(O[Si](C)(C)C(C)(C)C)cc1. The summed E-state index contributed by atoms with van der Waals surface area (Å²) in [6.45, 7) is 12.6. The Balaban J connectivity index is 1.91. The van der Waals surface area contributed by atoms with Gasteiger partial charge in [0.1, 0.15) is 11.6 Å². The highest BCUT2D eigenvalue weighted by Gasteiger charge is 2.39. The van der Waals surface area contributed by atoms with Crippen LogP contribution in [0.2, 0.25) is 18.1 Å². The van der Waals surface area contributed by atoms with Gasteiger partial charge in [-0.1, -0.05) is 51.1 Å². The molecule has 0 aromatic heterocycles. The van der Waals surface area contributed by atoms with Crippen molar-refractivity contribution in [1.82, 2.24) is 0 Å². The summed E-state index contributed by atoms with van der Waals surface area (Å²) in [6, 6.07) is 19.7. The smallest absolute Gasteiger partial charge is 0.339 e. The first kappa shape index (κ1) is 27.5. The molecule has 0 spiro atoms. The van der Waals surface area contributed by atoms with E-state index in [1.54, 1.807) is 30.3 Å². The molecule has 0 aliphatic heterocycles. The van der Waals surface area contributed by atoms with Gasteiger partial charge in [0.15, 0.2) is 9.84 Å². The van der Waals surface area contributed by atoms with Gasteiger partial charge < -0.3 is 14.5 Å². The van der Waals surface area contributed by atoms with E-state index >= 15 is 0 Å². The Morgan fingerprint density at radius 1 is 0.972 bits per heavy atom. The molecular formula is C28H35NO5SSi. The first-order valence-electron chi connectivity index (χ1n) is 11.8. The molecule has 6 nitrogen and oxygen atoms in total. The van der Waals surface area contributed by atoms with E-state index in [4.69, 9.17) is 9.16 Å². The Morgan fingerprint density at radius 2 is 1.58 bits per heavy atom. The van der Waals surface area contributed by atoms with Crippen LogP contribution in [0.5, 0.6) is 5.75 Å². The molecule has 0 saturated carbocycles. The lowest BCUT2D eigenvalue weighted by molar-refractivity contribution is 0.0601. The van der Waals surface area contributed by atoms with Crippen LogP contribution in [0.25, 0.3) is 11.1 Å². The van der Waals surface area contributed by atoms with Gasteiger partial charge in [-0.2, -0.15) is 0 Å². The van der Waals surface area contributed by atoms with E-state index in [0.29, 0.717) is 11.4 Å². The molecule has 8 heteroatoms. The van der Waals surface area contributed by atoms with E-state index in [2.05, 4.69) is 39.2 Å². The van der Waals surface area contributed by atoms with Crippen molar-refractivity contribution in [2.75, 3.05) is 18.3 Å². The largest absolute Gasteiger partial charge is 0.544 e. The Labute approximate surface area is 215 Å². The first-order valence-corrected chi connectivity index (χ1v) is 16.4. The van der Waals surface area contributed by atoms with Crippen LogP contribution in [0.4, 0.5) is 5.69 Å². The molecule has 0 radical (unpaired) electrons. The molecule has 36 heavy (non-hydrogen) atoms. The third kappa shape index (κ3) is 6.17. The molecular weight excluding hydrogens is 490 g/mol. The van der Waals surface area contributed by atoms with Gasteiger partial charge in [0, 0.05) is 5.56 Å². The number of rotatable bonds is 8. The zero-order valence-electron chi connectivity index (χ0n) is 22.0. The van der Waals surface area contributed by atoms with Crippen molar-refractivity contribution in [3.8, 4) is 16.9 Å². The maximum absolute atomic E-state index is 13.2. The van der Waals surface area contributed by atoms with Crippen molar-refractivity contribution >= 4 is 29.8 Å². The van der Waals surface area contributed by atoms with Crippen molar-refractivity contribution < 1.29 is 22.4 Å². The van der Waals surface area contributed by atoms with Crippen LogP contribution in [-0.4, -0.2) is 35.7 Å². The summed E-state index contributed by atoms with van der Waals surface area (Å²) in [4.78, 5) is 12.7. The van der Waals surface area contributed by atoms with Crippen LogP contribution >= 0.6 is 0 Å². The molecule has 3 aromatic carbocycles.